The molecule has 1 aliphatic heterocycles. The zero-order valence-electron chi connectivity index (χ0n) is 11.2. The molecule has 0 aromatic heterocycles. The molecule has 1 aromatic carbocycles. The molecule has 0 saturated carbocycles. The van der Waals surface area contributed by atoms with E-state index < -0.39 is 16.1 Å². The molecule has 1 fully saturated rings. The molecule has 2 atom stereocenters. The van der Waals surface area contributed by atoms with Crippen molar-refractivity contribution in [1.29, 1.82) is 0 Å². The summed E-state index contributed by atoms with van der Waals surface area (Å²) >= 11 is 0. The van der Waals surface area contributed by atoms with E-state index in [2.05, 4.69) is 0 Å². The van der Waals surface area contributed by atoms with E-state index in [1.807, 2.05) is 13.8 Å². The average molecular weight is 284 g/mol. The van der Waals surface area contributed by atoms with Crippen LogP contribution in [0.4, 0.5) is 5.69 Å². The molecule has 0 radical (unpaired) electrons. The molecule has 1 aromatic rings. The maximum atomic E-state index is 12.5. The number of sulfonamides is 1. The first-order valence-electron chi connectivity index (χ1n) is 6.36. The van der Waals surface area contributed by atoms with Crippen molar-refractivity contribution < 1.29 is 13.5 Å². The number of piperidine rings is 1. The van der Waals surface area contributed by atoms with Gasteiger partial charge in [-0.1, -0.05) is 13.0 Å². The number of aryl methyl sites for hydroxylation is 1. The Morgan fingerprint density at radius 1 is 1.42 bits per heavy atom. The van der Waals surface area contributed by atoms with Crippen LogP contribution in [-0.2, 0) is 10.0 Å². The van der Waals surface area contributed by atoms with E-state index in [1.165, 1.54) is 10.4 Å². The van der Waals surface area contributed by atoms with E-state index in [1.54, 1.807) is 12.1 Å². The number of hydrogen-bond donors (Lipinski definition) is 2. The minimum absolute atomic E-state index is 0.0497. The highest BCUT2D eigenvalue weighted by Crippen LogP contribution is 2.25. The zero-order chi connectivity index (χ0) is 14.2. The second kappa shape index (κ2) is 5.11. The largest absolute Gasteiger partial charge is 0.398 e. The molecule has 2 rings (SSSR count). The quantitative estimate of drug-likeness (QED) is 0.793. The minimum Gasteiger partial charge on any atom is -0.398 e. The minimum atomic E-state index is -3.52. The van der Waals surface area contributed by atoms with Gasteiger partial charge in [0.2, 0.25) is 10.0 Å². The fourth-order valence-corrected chi connectivity index (χ4v) is 3.83. The molecule has 1 aliphatic rings. The highest BCUT2D eigenvalue weighted by molar-refractivity contribution is 7.89. The summed E-state index contributed by atoms with van der Waals surface area (Å²) in [5.41, 5.74) is 7.11. The van der Waals surface area contributed by atoms with Gasteiger partial charge in [-0.2, -0.15) is 4.31 Å². The number of nitrogens with two attached hydrogens (primary N) is 1. The normalized spacial score (nSPS) is 25.4. The third-order valence-electron chi connectivity index (χ3n) is 3.71. The molecular formula is C13H20N2O3S. The number of aliphatic hydroxyl groups is 1. The van der Waals surface area contributed by atoms with Crippen molar-refractivity contribution in [1.82, 2.24) is 4.31 Å². The van der Waals surface area contributed by atoms with E-state index in [0.717, 1.165) is 5.56 Å². The summed E-state index contributed by atoms with van der Waals surface area (Å²) in [5, 5.41) is 9.67. The van der Waals surface area contributed by atoms with Crippen LogP contribution in [0.2, 0.25) is 0 Å². The van der Waals surface area contributed by atoms with Crippen LogP contribution in [0.25, 0.3) is 0 Å². The molecule has 2 unspecified atom stereocenters. The van der Waals surface area contributed by atoms with Gasteiger partial charge in [-0.15, -0.1) is 0 Å². The van der Waals surface area contributed by atoms with Gasteiger partial charge < -0.3 is 10.8 Å². The van der Waals surface area contributed by atoms with Crippen molar-refractivity contribution in [2.24, 2.45) is 5.92 Å². The molecule has 0 aliphatic carbocycles. The third-order valence-corrected chi connectivity index (χ3v) is 5.57. The lowest BCUT2D eigenvalue weighted by atomic mass is 9.99. The van der Waals surface area contributed by atoms with Gasteiger partial charge in [-0.05, 0) is 37.0 Å². The maximum absolute atomic E-state index is 12.5. The second-order valence-electron chi connectivity index (χ2n) is 5.21. The van der Waals surface area contributed by atoms with E-state index in [9.17, 15) is 13.5 Å². The van der Waals surface area contributed by atoms with Crippen molar-refractivity contribution in [2.45, 2.75) is 31.3 Å². The number of aliphatic hydroxyl groups excluding tert-OH is 1. The maximum Gasteiger partial charge on any atom is 0.243 e. The Kier molecular flexibility index (Phi) is 3.85. The van der Waals surface area contributed by atoms with Crippen LogP contribution >= 0.6 is 0 Å². The summed E-state index contributed by atoms with van der Waals surface area (Å²) in [4.78, 5) is 0.221. The molecule has 5 nitrogen and oxygen atoms in total. The predicted molar refractivity (Wildman–Crippen MR) is 74.1 cm³/mol. The Hall–Kier alpha value is -1.11. The second-order valence-corrected chi connectivity index (χ2v) is 7.15. The molecule has 6 heteroatoms. The van der Waals surface area contributed by atoms with Crippen molar-refractivity contribution in [3.05, 3.63) is 23.8 Å². The van der Waals surface area contributed by atoms with Gasteiger partial charge in [-0.25, -0.2) is 8.42 Å². The monoisotopic (exact) mass is 284 g/mol. The fourth-order valence-electron chi connectivity index (χ4n) is 2.24. The number of nitrogen functional groups attached to an aromatic ring is 1. The van der Waals surface area contributed by atoms with Crippen molar-refractivity contribution in [2.75, 3.05) is 18.8 Å². The van der Waals surface area contributed by atoms with Gasteiger partial charge in [-0.3, -0.25) is 0 Å². The number of anilines is 1. The van der Waals surface area contributed by atoms with E-state index in [0.29, 0.717) is 25.2 Å². The number of hydrogen-bond acceptors (Lipinski definition) is 4. The lowest BCUT2D eigenvalue weighted by Gasteiger charge is -2.33. The molecule has 1 heterocycles. The lowest BCUT2D eigenvalue weighted by Crippen LogP contribution is -2.44. The van der Waals surface area contributed by atoms with Crippen LogP contribution in [0.15, 0.2) is 23.1 Å². The van der Waals surface area contributed by atoms with Crippen LogP contribution < -0.4 is 5.73 Å². The van der Waals surface area contributed by atoms with E-state index in [4.69, 9.17) is 5.73 Å². The molecular weight excluding hydrogens is 264 g/mol. The molecule has 3 N–H and O–H groups in total. The van der Waals surface area contributed by atoms with E-state index in [-0.39, 0.29) is 10.8 Å². The van der Waals surface area contributed by atoms with Crippen LogP contribution in [-0.4, -0.2) is 37.0 Å². The van der Waals surface area contributed by atoms with Gasteiger partial charge in [0.25, 0.3) is 0 Å². The molecule has 106 valence electrons. The molecule has 19 heavy (non-hydrogen) atoms. The van der Waals surface area contributed by atoms with Crippen molar-refractivity contribution in [3.63, 3.8) is 0 Å². The summed E-state index contributed by atoms with van der Waals surface area (Å²) < 4.78 is 26.4. The summed E-state index contributed by atoms with van der Waals surface area (Å²) in [6, 6.07) is 4.79. The zero-order valence-corrected chi connectivity index (χ0v) is 12.0. The lowest BCUT2D eigenvalue weighted by molar-refractivity contribution is 0.0628. The van der Waals surface area contributed by atoms with Crippen LogP contribution in [0, 0.1) is 12.8 Å². The summed E-state index contributed by atoms with van der Waals surface area (Å²) in [7, 11) is -3.52. The summed E-state index contributed by atoms with van der Waals surface area (Å²) in [5.74, 6) is -0.0497. The fraction of sp³-hybridized carbons (Fsp3) is 0.538. The Morgan fingerprint density at radius 3 is 2.68 bits per heavy atom. The van der Waals surface area contributed by atoms with E-state index >= 15 is 0 Å². The van der Waals surface area contributed by atoms with Gasteiger partial charge >= 0.3 is 0 Å². The summed E-state index contributed by atoms with van der Waals surface area (Å²) in [6.07, 6.45) is 0.0522. The number of nitrogens with zero attached hydrogens (tertiary/aromatic N) is 1. The Balaban J connectivity index is 2.29. The molecule has 0 bridgehead atoms. The SMILES string of the molecule is Cc1ccc(S(=O)(=O)N2CCC(O)C(C)C2)cc1N. The van der Waals surface area contributed by atoms with Gasteiger partial charge in [0.15, 0.2) is 0 Å². The first-order valence-corrected chi connectivity index (χ1v) is 7.80. The summed E-state index contributed by atoms with van der Waals surface area (Å²) in [6.45, 7) is 4.39. The highest BCUT2D eigenvalue weighted by Gasteiger charge is 2.32. The van der Waals surface area contributed by atoms with Gasteiger partial charge in [0.05, 0.1) is 11.0 Å². The first-order chi connectivity index (χ1) is 8.82. The molecule has 0 amide bonds. The predicted octanol–water partition coefficient (Wildman–Crippen LogP) is 0.969. The van der Waals surface area contributed by atoms with Gasteiger partial charge in [0.1, 0.15) is 0 Å². The third kappa shape index (κ3) is 2.75. The van der Waals surface area contributed by atoms with Crippen molar-refractivity contribution in [3.8, 4) is 0 Å². The van der Waals surface area contributed by atoms with Gasteiger partial charge in [0, 0.05) is 18.8 Å². The van der Waals surface area contributed by atoms with Crippen LogP contribution in [0.3, 0.4) is 0 Å². The topological polar surface area (TPSA) is 83.6 Å². The number of rotatable bonds is 2. The number of benzene rings is 1. The van der Waals surface area contributed by atoms with Crippen molar-refractivity contribution >= 4 is 15.7 Å². The Bertz CT molecular complexity index is 571. The average Bonchev–Trinajstić information content (AvgIpc) is 2.35. The standard InChI is InChI=1S/C13H20N2O3S/c1-9-3-4-11(7-12(9)14)19(17,18)15-6-5-13(16)10(2)8-15/h3-4,7,10,13,16H,5-6,8,14H2,1-2H3. The first kappa shape index (κ1) is 14.3. The Labute approximate surface area is 114 Å². The smallest absolute Gasteiger partial charge is 0.243 e. The van der Waals surface area contributed by atoms with Crippen LogP contribution in [0.5, 0.6) is 0 Å². The van der Waals surface area contributed by atoms with Crippen LogP contribution in [0.1, 0.15) is 18.9 Å². The molecule has 0 spiro atoms. The highest BCUT2D eigenvalue weighted by atomic mass is 32.2. The molecule has 1 saturated heterocycles. The Morgan fingerprint density at radius 2 is 2.11 bits per heavy atom.